The van der Waals surface area contributed by atoms with E-state index in [0.29, 0.717) is 18.3 Å². The molecule has 0 bridgehead atoms. The third kappa shape index (κ3) is 3.12. The molecule has 4 aliphatic carbocycles. The van der Waals surface area contributed by atoms with E-state index in [1.54, 1.807) is 19.1 Å². The second kappa shape index (κ2) is 7.44. The van der Waals surface area contributed by atoms with E-state index in [2.05, 4.69) is 20.8 Å². The van der Waals surface area contributed by atoms with Crippen molar-refractivity contribution in [1.29, 1.82) is 0 Å². The van der Waals surface area contributed by atoms with Gasteiger partial charge in [-0.05, 0) is 61.0 Å². The first-order valence-corrected chi connectivity index (χ1v) is 11.4. The highest BCUT2D eigenvalue weighted by Crippen LogP contribution is 2.67. The fourth-order valence-electron chi connectivity index (χ4n) is 7.72. The van der Waals surface area contributed by atoms with E-state index in [-0.39, 0.29) is 59.1 Å². The number of carbonyl (C=O) groups excluding carboxylic acids is 3. The highest BCUT2D eigenvalue weighted by Gasteiger charge is 2.64. The molecule has 5 nitrogen and oxygen atoms in total. The highest BCUT2D eigenvalue weighted by atomic mass is 16.5. The summed E-state index contributed by atoms with van der Waals surface area (Å²) in [7, 11) is 0. The van der Waals surface area contributed by atoms with Gasteiger partial charge < -0.3 is 9.84 Å². The molecular weight excluding hydrogens is 380 g/mol. The van der Waals surface area contributed by atoms with Crippen molar-refractivity contribution in [1.82, 2.24) is 0 Å². The third-order valence-electron chi connectivity index (χ3n) is 8.85. The molecule has 5 heteroatoms. The molecular formula is C25H34O5. The number of ketones is 2. The van der Waals surface area contributed by atoms with Gasteiger partial charge in [-0.3, -0.25) is 14.4 Å². The van der Waals surface area contributed by atoms with Crippen LogP contribution in [0.4, 0.5) is 0 Å². The van der Waals surface area contributed by atoms with E-state index >= 15 is 0 Å². The number of allylic oxidation sites excluding steroid dienone is 4. The minimum Gasteiger partial charge on any atom is -0.458 e. The Hall–Kier alpha value is -1.75. The summed E-state index contributed by atoms with van der Waals surface area (Å²) in [6.45, 7) is 8.02. The maximum absolute atomic E-state index is 13.1. The Morgan fingerprint density at radius 3 is 2.73 bits per heavy atom. The fraction of sp³-hybridized carbons (Fsp3) is 0.720. The van der Waals surface area contributed by atoms with Gasteiger partial charge in [0.05, 0.1) is 6.10 Å². The zero-order valence-corrected chi connectivity index (χ0v) is 18.5. The number of rotatable bonds is 4. The molecule has 3 saturated carbocycles. The van der Waals surface area contributed by atoms with Crippen LogP contribution in [0.25, 0.3) is 0 Å². The molecule has 1 N–H and O–H groups in total. The topological polar surface area (TPSA) is 80.7 Å². The maximum Gasteiger partial charge on any atom is 0.305 e. The molecule has 30 heavy (non-hydrogen) atoms. The first-order chi connectivity index (χ1) is 14.1. The standard InChI is InChI=1S/C25H34O5/c1-5-21(29)30-13-20(28)22-14(2)10-18-17-7-6-15-11-16(26)8-9-24(15,3)23(17)19(27)12-25(18,22)4/h8-9,11,14,17-19,22-23,27H,5-7,10,12-13H2,1-4H3/t14?,17?,18?,19-,22?,23?,24?,25-/m0/s1. The fourth-order valence-corrected chi connectivity index (χ4v) is 7.72. The van der Waals surface area contributed by atoms with Crippen LogP contribution in [-0.2, 0) is 19.1 Å². The highest BCUT2D eigenvalue weighted by molar-refractivity contribution is 6.01. The predicted molar refractivity (Wildman–Crippen MR) is 112 cm³/mol. The lowest BCUT2D eigenvalue weighted by atomic mass is 9.46. The van der Waals surface area contributed by atoms with Crippen LogP contribution in [0.2, 0.25) is 0 Å². The Bertz CT molecular complexity index is 825. The van der Waals surface area contributed by atoms with Gasteiger partial charge in [-0.2, -0.15) is 0 Å². The summed E-state index contributed by atoms with van der Waals surface area (Å²) in [5, 5.41) is 11.4. The average Bonchev–Trinajstić information content (AvgIpc) is 2.95. The van der Waals surface area contributed by atoms with Crippen LogP contribution >= 0.6 is 0 Å². The number of Topliss-reactive ketones (excluding diaryl/α,β-unsaturated/α-hetero) is 1. The van der Waals surface area contributed by atoms with E-state index in [4.69, 9.17) is 4.74 Å². The van der Waals surface area contributed by atoms with Crippen LogP contribution in [0.15, 0.2) is 23.8 Å². The molecule has 4 rings (SSSR count). The summed E-state index contributed by atoms with van der Waals surface area (Å²) < 4.78 is 5.17. The van der Waals surface area contributed by atoms with Gasteiger partial charge in [0.1, 0.15) is 6.61 Å². The number of hydrogen-bond donors (Lipinski definition) is 1. The number of carbonyl (C=O) groups is 3. The van der Waals surface area contributed by atoms with Crippen molar-refractivity contribution < 1.29 is 24.2 Å². The second-order valence-electron chi connectivity index (χ2n) is 10.5. The van der Waals surface area contributed by atoms with Crippen molar-refractivity contribution in [3.05, 3.63) is 23.8 Å². The summed E-state index contributed by atoms with van der Waals surface area (Å²) >= 11 is 0. The molecule has 3 fully saturated rings. The number of aliphatic hydroxyl groups excluding tert-OH is 1. The van der Waals surface area contributed by atoms with E-state index in [1.165, 1.54) is 0 Å². The zero-order chi connectivity index (χ0) is 21.8. The molecule has 0 spiro atoms. The predicted octanol–water partition coefficient (Wildman–Crippen LogP) is 3.65. The lowest BCUT2D eigenvalue weighted by molar-refractivity contribution is -0.154. The normalized spacial score (nSPS) is 44.6. The Morgan fingerprint density at radius 2 is 2.03 bits per heavy atom. The molecule has 0 aliphatic heterocycles. The Kier molecular flexibility index (Phi) is 5.32. The van der Waals surface area contributed by atoms with Gasteiger partial charge >= 0.3 is 5.97 Å². The number of hydrogen-bond acceptors (Lipinski definition) is 5. The van der Waals surface area contributed by atoms with E-state index in [9.17, 15) is 19.5 Å². The van der Waals surface area contributed by atoms with Gasteiger partial charge in [-0.15, -0.1) is 0 Å². The molecule has 0 aromatic rings. The Labute approximate surface area is 178 Å². The summed E-state index contributed by atoms with van der Waals surface area (Å²) in [5.41, 5.74) is 0.560. The van der Waals surface area contributed by atoms with E-state index in [0.717, 1.165) is 24.8 Å². The van der Waals surface area contributed by atoms with Crippen molar-refractivity contribution in [3.8, 4) is 0 Å². The average molecular weight is 415 g/mol. The van der Waals surface area contributed by atoms with Crippen LogP contribution in [-0.4, -0.2) is 35.4 Å². The largest absolute Gasteiger partial charge is 0.458 e. The summed E-state index contributed by atoms with van der Waals surface area (Å²) in [4.78, 5) is 36.6. The van der Waals surface area contributed by atoms with Crippen LogP contribution in [0.3, 0.4) is 0 Å². The lowest BCUT2D eigenvalue weighted by Crippen LogP contribution is -2.56. The quantitative estimate of drug-likeness (QED) is 0.710. The molecule has 8 atom stereocenters. The maximum atomic E-state index is 13.1. The molecule has 0 saturated heterocycles. The van der Waals surface area contributed by atoms with Crippen molar-refractivity contribution in [3.63, 3.8) is 0 Å². The summed E-state index contributed by atoms with van der Waals surface area (Å²) in [6.07, 6.45) is 8.52. The first kappa shape index (κ1) is 21.5. The minimum atomic E-state index is -0.526. The van der Waals surface area contributed by atoms with E-state index < -0.39 is 6.10 Å². The first-order valence-electron chi connectivity index (χ1n) is 11.4. The molecule has 0 heterocycles. The summed E-state index contributed by atoms with van der Waals surface area (Å²) in [6, 6.07) is 0. The number of ether oxygens (including phenoxy) is 1. The van der Waals surface area contributed by atoms with Crippen LogP contribution in [0.5, 0.6) is 0 Å². The lowest BCUT2D eigenvalue weighted by Gasteiger charge is -2.58. The number of esters is 1. The van der Waals surface area contributed by atoms with Gasteiger partial charge in [-0.1, -0.05) is 39.3 Å². The van der Waals surface area contributed by atoms with Gasteiger partial charge in [-0.25, -0.2) is 0 Å². The van der Waals surface area contributed by atoms with Crippen molar-refractivity contribution in [2.24, 2.45) is 40.4 Å². The van der Waals surface area contributed by atoms with Crippen LogP contribution in [0, 0.1) is 40.4 Å². The Balaban J connectivity index is 1.62. The molecule has 0 aromatic carbocycles. The smallest absolute Gasteiger partial charge is 0.305 e. The molecule has 164 valence electrons. The van der Waals surface area contributed by atoms with Gasteiger partial charge in [0, 0.05) is 23.7 Å². The molecule has 0 aromatic heterocycles. The zero-order valence-electron chi connectivity index (χ0n) is 18.5. The van der Waals surface area contributed by atoms with Gasteiger partial charge in [0.15, 0.2) is 11.6 Å². The van der Waals surface area contributed by atoms with Crippen molar-refractivity contribution in [2.45, 2.75) is 65.9 Å². The van der Waals surface area contributed by atoms with Crippen molar-refractivity contribution >= 4 is 17.5 Å². The molecule has 0 radical (unpaired) electrons. The third-order valence-corrected chi connectivity index (χ3v) is 8.85. The van der Waals surface area contributed by atoms with Gasteiger partial charge in [0.2, 0.25) is 0 Å². The van der Waals surface area contributed by atoms with E-state index in [1.807, 2.05) is 6.08 Å². The molecule has 0 amide bonds. The van der Waals surface area contributed by atoms with Crippen LogP contribution < -0.4 is 0 Å². The number of aliphatic hydroxyl groups is 1. The second-order valence-corrected chi connectivity index (χ2v) is 10.5. The van der Waals surface area contributed by atoms with Crippen LogP contribution in [0.1, 0.15) is 59.8 Å². The van der Waals surface area contributed by atoms with Crippen molar-refractivity contribution in [2.75, 3.05) is 6.61 Å². The molecule has 6 unspecified atom stereocenters. The SMILES string of the molecule is CCC(=O)OCC(=O)C1C(C)CC2C3CCC4=CC(=O)C=CC4(C)C3[C@@H](O)C[C@@]21C. The van der Waals surface area contributed by atoms with Gasteiger partial charge in [0.25, 0.3) is 0 Å². The monoisotopic (exact) mass is 414 g/mol. The minimum absolute atomic E-state index is 0.00860. The Morgan fingerprint density at radius 1 is 1.30 bits per heavy atom. The molecule has 4 aliphatic rings. The number of fused-ring (bicyclic) bond motifs is 5. The summed E-state index contributed by atoms with van der Waals surface area (Å²) in [5.74, 6) is 0.418.